The number of phenols is 1. The highest BCUT2D eigenvalue weighted by atomic mass is 32.2. The van der Waals surface area contributed by atoms with Crippen LogP contribution in [0, 0.1) is 0 Å². The predicted octanol–water partition coefficient (Wildman–Crippen LogP) is 2.94. The minimum absolute atomic E-state index is 0.0763. The van der Waals surface area contributed by atoms with Gasteiger partial charge in [-0.15, -0.1) is 0 Å². The molecule has 0 spiro atoms. The maximum Gasteiger partial charge on any atom is 0.422 e. The lowest BCUT2D eigenvalue weighted by atomic mass is 10.2. The molecule has 166 valence electrons. The third-order valence-electron chi connectivity index (χ3n) is 4.11. The number of sulfonamides is 1. The molecule has 0 fully saturated rings. The van der Waals surface area contributed by atoms with E-state index in [4.69, 9.17) is 9.47 Å². The van der Waals surface area contributed by atoms with Crippen LogP contribution in [-0.4, -0.2) is 50.4 Å². The van der Waals surface area contributed by atoms with Crippen LogP contribution in [0.25, 0.3) is 10.9 Å². The summed E-state index contributed by atoms with van der Waals surface area (Å²) in [6.07, 6.45) is -3.53. The van der Waals surface area contributed by atoms with Gasteiger partial charge in [-0.3, -0.25) is 0 Å². The van der Waals surface area contributed by atoms with E-state index in [1.54, 1.807) is 0 Å². The number of aromatic nitrogens is 2. The Morgan fingerprint density at radius 1 is 1.19 bits per heavy atom. The molecule has 3 N–H and O–H groups in total. The molecular weight excluding hydrogens is 441 g/mol. The van der Waals surface area contributed by atoms with Crippen LogP contribution in [0.1, 0.15) is 0 Å². The molecule has 0 aliphatic rings. The molecule has 0 radical (unpaired) electrons. The van der Waals surface area contributed by atoms with Crippen molar-refractivity contribution < 1.29 is 36.2 Å². The van der Waals surface area contributed by atoms with Crippen molar-refractivity contribution in [2.75, 3.05) is 26.1 Å². The van der Waals surface area contributed by atoms with E-state index in [1.165, 1.54) is 37.7 Å². The van der Waals surface area contributed by atoms with Crippen LogP contribution in [-0.2, 0) is 10.0 Å². The number of hydrogen-bond donors (Lipinski definition) is 3. The number of hydrogen-bond acceptors (Lipinski definition) is 8. The van der Waals surface area contributed by atoms with Crippen molar-refractivity contribution >= 4 is 32.4 Å². The van der Waals surface area contributed by atoms with Gasteiger partial charge in [-0.25, -0.2) is 23.1 Å². The minimum Gasteiger partial charge on any atom is -0.504 e. The SMILES string of the molecule is CNS(=O)(=O)c1cccc(Nc2ncnc3cc(O)c(OC)cc23)c1OCC(F)(F)F. The van der Waals surface area contributed by atoms with E-state index in [-0.39, 0.29) is 23.0 Å². The van der Waals surface area contributed by atoms with Crippen molar-refractivity contribution in [1.82, 2.24) is 14.7 Å². The number of methoxy groups -OCH3 is 1. The second-order valence-corrected chi connectivity index (χ2v) is 7.99. The van der Waals surface area contributed by atoms with Gasteiger partial charge in [-0.1, -0.05) is 6.07 Å². The zero-order valence-electron chi connectivity index (χ0n) is 16.2. The number of phenolic OH excluding ortho intramolecular Hbond substituents is 1. The van der Waals surface area contributed by atoms with Crippen LogP contribution in [0.5, 0.6) is 17.2 Å². The first kappa shape index (κ1) is 22.4. The van der Waals surface area contributed by atoms with Crippen molar-refractivity contribution in [2.24, 2.45) is 0 Å². The number of rotatable bonds is 7. The Kier molecular flexibility index (Phi) is 6.08. The van der Waals surface area contributed by atoms with E-state index in [9.17, 15) is 26.7 Å². The van der Waals surface area contributed by atoms with Gasteiger partial charge in [0, 0.05) is 11.5 Å². The van der Waals surface area contributed by atoms with Crippen LogP contribution >= 0.6 is 0 Å². The summed E-state index contributed by atoms with van der Waals surface area (Å²) in [5.74, 6) is -0.466. The molecule has 0 aliphatic heterocycles. The van der Waals surface area contributed by atoms with Crippen LogP contribution in [0.15, 0.2) is 41.6 Å². The van der Waals surface area contributed by atoms with Gasteiger partial charge in [0.2, 0.25) is 10.0 Å². The Morgan fingerprint density at radius 2 is 1.94 bits per heavy atom. The van der Waals surface area contributed by atoms with Gasteiger partial charge >= 0.3 is 6.18 Å². The Morgan fingerprint density at radius 3 is 2.58 bits per heavy atom. The van der Waals surface area contributed by atoms with E-state index in [1.807, 2.05) is 0 Å². The molecular formula is C18H17F3N4O5S. The first-order valence-corrected chi connectivity index (χ1v) is 10.1. The molecule has 1 heterocycles. The number of fused-ring (bicyclic) bond motifs is 1. The number of alkyl halides is 3. The average Bonchev–Trinajstić information content (AvgIpc) is 2.71. The van der Waals surface area contributed by atoms with Gasteiger partial charge in [0.05, 0.1) is 18.3 Å². The molecule has 0 bridgehead atoms. The number of nitrogens with one attached hydrogen (secondary N) is 2. The normalized spacial score (nSPS) is 12.0. The molecule has 0 atom stereocenters. The highest BCUT2D eigenvalue weighted by Crippen LogP contribution is 2.38. The number of aromatic hydroxyl groups is 1. The lowest BCUT2D eigenvalue weighted by Crippen LogP contribution is -2.23. The number of anilines is 2. The van der Waals surface area contributed by atoms with Gasteiger partial charge in [0.25, 0.3) is 0 Å². The Hall–Kier alpha value is -3.32. The molecule has 3 rings (SSSR count). The molecule has 13 heteroatoms. The van der Waals surface area contributed by atoms with Crippen molar-refractivity contribution in [3.05, 3.63) is 36.7 Å². The lowest BCUT2D eigenvalue weighted by molar-refractivity contribution is -0.153. The van der Waals surface area contributed by atoms with Crippen molar-refractivity contribution in [1.29, 1.82) is 0 Å². The highest BCUT2D eigenvalue weighted by molar-refractivity contribution is 7.89. The smallest absolute Gasteiger partial charge is 0.422 e. The Balaban J connectivity index is 2.14. The first-order valence-electron chi connectivity index (χ1n) is 8.60. The minimum atomic E-state index is -4.69. The monoisotopic (exact) mass is 458 g/mol. The summed E-state index contributed by atoms with van der Waals surface area (Å²) in [5.41, 5.74) is 0.236. The maximum atomic E-state index is 12.8. The molecule has 0 aliphatic carbocycles. The number of nitrogens with zero attached hydrogens (tertiary/aromatic N) is 2. The maximum absolute atomic E-state index is 12.8. The quantitative estimate of drug-likeness (QED) is 0.494. The summed E-state index contributed by atoms with van der Waals surface area (Å²) < 4.78 is 74.9. The molecule has 2 aromatic carbocycles. The highest BCUT2D eigenvalue weighted by Gasteiger charge is 2.31. The standard InChI is InChI=1S/C18H17F3N4O5S/c1-22-31(27,28)15-5-3-4-11(16(15)30-8-18(19,20)21)25-17-10-6-14(29-2)13(26)7-12(10)23-9-24-17/h3-7,9,22,26H,8H2,1-2H3,(H,23,24,25). The third-order valence-corrected chi connectivity index (χ3v) is 5.54. The first-order chi connectivity index (χ1) is 14.6. The summed E-state index contributed by atoms with van der Waals surface area (Å²) in [5, 5.41) is 13.1. The molecule has 9 nitrogen and oxygen atoms in total. The van der Waals surface area contributed by atoms with Gasteiger partial charge in [-0.2, -0.15) is 13.2 Å². The molecule has 1 aromatic heterocycles. The van der Waals surface area contributed by atoms with E-state index >= 15 is 0 Å². The number of ether oxygens (including phenoxy) is 2. The van der Waals surface area contributed by atoms with Gasteiger partial charge < -0.3 is 19.9 Å². The second kappa shape index (κ2) is 8.43. The van der Waals surface area contributed by atoms with Crippen LogP contribution in [0.4, 0.5) is 24.7 Å². The van der Waals surface area contributed by atoms with Crippen molar-refractivity contribution in [2.45, 2.75) is 11.1 Å². The fraction of sp³-hybridized carbons (Fsp3) is 0.222. The fourth-order valence-corrected chi connectivity index (χ4v) is 3.59. The number of benzene rings is 2. The van der Waals surface area contributed by atoms with E-state index in [2.05, 4.69) is 20.0 Å². The summed E-state index contributed by atoms with van der Waals surface area (Å²) in [6.45, 7) is -1.70. The Labute approximate surface area is 174 Å². The van der Waals surface area contributed by atoms with Crippen LogP contribution in [0.3, 0.4) is 0 Å². The average molecular weight is 458 g/mol. The summed E-state index contributed by atoms with van der Waals surface area (Å²) in [6, 6.07) is 6.54. The molecule has 0 amide bonds. The largest absolute Gasteiger partial charge is 0.504 e. The molecule has 3 aromatic rings. The number of para-hydroxylation sites is 1. The fourth-order valence-electron chi connectivity index (χ4n) is 2.70. The molecule has 0 saturated carbocycles. The molecule has 0 unspecified atom stereocenters. The summed E-state index contributed by atoms with van der Waals surface area (Å²) >= 11 is 0. The molecule has 0 saturated heterocycles. The van der Waals surface area contributed by atoms with Crippen LogP contribution in [0.2, 0.25) is 0 Å². The van der Waals surface area contributed by atoms with Gasteiger partial charge in [0.15, 0.2) is 23.9 Å². The van der Waals surface area contributed by atoms with Gasteiger partial charge in [0.1, 0.15) is 17.0 Å². The predicted molar refractivity (Wildman–Crippen MR) is 105 cm³/mol. The number of halogens is 3. The van der Waals surface area contributed by atoms with Crippen LogP contribution < -0.4 is 19.5 Å². The van der Waals surface area contributed by atoms with E-state index in [0.717, 1.165) is 13.1 Å². The topological polar surface area (TPSA) is 123 Å². The van der Waals surface area contributed by atoms with Crippen molar-refractivity contribution in [3.8, 4) is 17.2 Å². The second-order valence-electron chi connectivity index (χ2n) is 6.13. The van der Waals surface area contributed by atoms with Gasteiger partial charge in [-0.05, 0) is 25.2 Å². The van der Waals surface area contributed by atoms with E-state index < -0.39 is 33.5 Å². The van der Waals surface area contributed by atoms with Crippen molar-refractivity contribution in [3.63, 3.8) is 0 Å². The lowest BCUT2D eigenvalue weighted by Gasteiger charge is -2.18. The summed E-state index contributed by atoms with van der Waals surface area (Å²) in [4.78, 5) is 7.61. The van der Waals surface area contributed by atoms with E-state index in [0.29, 0.717) is 10.9 Å². The zero-order chi connectivity index (χ0) is 22.8. The summed E-state index contributed by atoms with van der Waals surface area (Å²) in [7, 11) is -1.67. The molecule has 31 heavy (non-hydrogen) atoms. The third kappa shape index (κ3) is 4.88. The zero-order valence-corrected chi connectivity index (χ0v) is 17.0. The Bertz CT molecular complexity index is 1220.